The van der Waals surface area contributed by atoms with E-state index < -0.39 is 11.6 Å². The van der Waals surface area contributed by atoms with Crippen LogP contribution in [0.2, 0.25) is 10.0 Å². The van der Waals surface area contributed by atoms with E-state index in [4.69, 9.17) is 23.2 Å². The molecule has 0 aromatic heterocycles. The summed E-state index contributed by atoms with van der Waals surface area (Å²) in [6.07, 6.45) is 1.52. The van der Waals surface area contributed by atoms with Crippen LogP contribution in [0.25, 0.3) is 0 Å². The number of hydrogen-bond donors (Lipinski definition) is 1. The van der Waals surface area contributed by atoms with Crippen molar-refractivity contribution >= 4 is 34.8 Å². The van der Waals surface area contributed by atoms with Gasteiger partial charge in [0.2, 0.25) is 0 Å². The van der Waals surface area contributed by atoms with E-state index in [0.717, 1.165) is 18.9 Å². The Morgan fingerprint density at radius 3 is 2.33 bits per heavy atom. The summed E-state index contributed by atoms with van der Waals surface area (Å²) in [5, 5.41) is 10.4. The van der Waals surface area contributed by atoms with Crippen LogP contribution >= 0.6 is 23.2 Å². The number of phenols is 1. The van der Waals surface area contributed by atoms with Crippen LogP contribution < -0.4 is 4.90 Å². The molecule has 1 N–H and O–H groups in total. The van der Waals surface area contributed by atoms with Gasteiger partial charge < -0.3 is 14.9 Å². The highest BCUT2D eigenvalue weighted by molar-refractivity contribution is 6.34. The molecule has 2 atom stereocenters. The van der Waals surface area contributed by atoms with Crippen LogP contribution in [0.1, 0.15) is 23.2 Å². The summed E-state index contributed by atoms with van der Waals surface area (Å²) in [5.41, 5.74) is 0.324. The van der Waals surface area contributed by atoms with E-state index in [-0.39, 0.29) is 45.0 Å². The number of hydrogen-bond acceptors (Lipinski definition) is 3. The number of amides is 1. The molecular formula is C19H16Cl2F2N2O2. The Morgan fingerprint density at radius 1 is 1.04 bits per heavy atom. The van der Waals surface area contributed by atoms with Crippen molar-refractivity contribution < 1.29 is 18.7 Å². The number of carbonyl (C=O) groups excluding carboxylic acids is 1. The molecule has 4 rings (SSSR count). The molecule has 27 heavy (non-hydrogen) atoms. The fraction of sp³-hybridized carbons (Fsp3) is 0.316. The summed E-state index contributed by atoms with van der Waals surface area (Å²) < 4.78 is 27.7. The van der Waals surface area contributed by atoms with Gasteiger partial charge in [-0.25, -0.2) is 8.78 Å². The van der Waals surface area contributed by atoms with E-state index in [9.17, 15) is 18.7 Å². The summed E-state index contributed by atoms with van der Waals surface area (Å²) in [5.74, 6) is -1.62. The van der Waals surface area contributed by atoms with Crippen molar-refractivity contribution in [3.8, 4) is 5.75 Å². The fourth-order valence-corrected chi connectivity index (χ4v) is 4.44. The van der Waals surface area contributed by atoms with Crippen molar-refractivity contribution in [1.29, 1.82) is 0 Å². The maximum Gasteiger partial charge on any atom is 0.255 e. The Labute approximate surface area is 164 Å². The Bertz CT molecular complexity index is 911. The number of piperazine rings is 1. The second-order valence-electron chi connectivity index (χ2n) is 6.85. The summed E-state index contributed by atoms with van der Waals surface area (Å²) in [7, 11) is 0. The minimum absolute atomic E-state index is 0.0632. The smallest absolute Gasteiger partial charge is 0.255 e. The van der Waals surface area contributed by atoms with E-state index in [0.29, 0.717) is 13.1 Å². The number of fused-ring (bicyclic) bond motifs is 2. The first-order valence-corrected chi connectivity index (χ1v) is 9.32. The molecule has 0 spiro atoms. The van der Waals surface area contributed by atoms with Gasteiger partial charge in [0.15, 0.2) is 5.75 Å². The van der Waals surface area contributed by atoms with Gasteiger partial charge in [-0.1, -0.05) is 23.2 Å². The topological polar surface area (TPSA) is 43.8 Å². The Morgan fingerprint density at radius 2 is 1.70 bits per heavy atom. The molecule has 0 aliphatic carbocycles. The first kappa shape index (κ1) is 18.3. The van der Waals surface area contributed by atoms with Gasteiger partial charge in [-0.3, -0.25) is 4.79 Å². The van der Waals surface area contributed by atoms with E-state index in [1.165, 1.54) is 24.3 Å². The maximum absolute atomic E-state index is 14.4. The predicted octanol–water partition coefficient (Wildman–Crippen LogP) is 4.47. The highest BCUT2D eigenvalue weighted by atomic mass is 35.5. The zero-order chi connectivity index (χ0) is 19.3. The zero-order valence-electron chi connectivity index (χ0n) is 14.1. The van der Waals surface area contributed by atoms with Gasteiger partial charge in [0.05, 0.1) is 15.6 Å². The molecule has 2 aliphatic heterocycles. The van der Waals surface area contributed by atoms with Crippen molar-refractivity contribution in [1.82, 2.24) is 4.90 Å². The van der Waals surface area contributed by atoms with Gasteiger partial charge in [-0.05, 0) is 43.2 Å². The van der Waals surface area contributed by atoms with Gasteiger partial charge in [-0.2, -0.15) is 0 Å². The van der Waals surface area contributed by atoms with Crippen LogP contribution in [0.4, 0.5) is 14.5 Å². The minimum Gasteiger partial charge on any atom is -0.504 e. The van der Waals surface area contributed by atoms with Crippen LogP contribution in [0.3, 0.4) is 0 Å². The second-order valence-corrected chi connectivity index (χ2v) is 7.67. The van der Waals surface area contributed by atoms with E-state index in [2.05, 4.69) is 0 Å². The van der Waals surface area contributed by atoms with Gasteiger partial charge >= 0.3 is 0 Å². The van der Waals surface area contributed by atoms with E-state index in [1.54, 1.807) is 4.90 Å². The van der Waals surface area contributed by atoms with Gasteiger partial charge in [0.25, 0.3) is 5.91 Å². The molecule has 2 bridgehead atoms. The molecule has 2 aliphatic rings. The number of phenolic OH excluding ortho intramolecular Hbond substituents is 1. The SMILES string of the molecule is O=C(c1ccc(F)cc1Cl)N1CC2CCC(C1)N2c1c(F)ccc(Cl)c1O. The van der Waals surface area contributed by atoms with Crippen molar-refractivity contribution in [2.75, 3.05) is 18.0 Å². The Kier molecular flexibility index (Phi) is 4.64. The lowest BCUT2D eigenvalue weighted by Crippen LogP contribution is -2.55. The first-order valence-electron chi connectivity index (χ1n) is 8.56. The summed E-state index contributed by atoms with van der Waals surface area (Å²) in [6.45, 7) is 0.711. The molecule has 2 heterocycles. The van der Waals surface area contributed by atoms with E-state index in [1.807, 2.05) is 4.90 Å². The molecule has 2 aromatic rings. The molecule has 4 nitrogen and oxygen atoms in total. The molecule has 2 fully saturated rings. The highest BCUT2D eigenvalue weighted by Crippen LogP contribution is 2.44. The third-order valence-electron chi connectivity index (χ3n) is 5.24. The number of nitrogens with zero attached hydrogens (tertiary/aromatic N) is 2. The summed E-state index contributed by atoms with van der Waals surface area (Å²) >= 11 is 12.0. The lowest BCUT2D eigenvalue weighted by molar-refractivity contribution is 0.0717. The van der Waals surface area contributed by atoms with Crippen molar-refractivity contribution in [3.05, 3.63) is 57.6 Å². The molecule has 1 amide bonds. The number of carbonyl (C=O) groups is 1. The monoisotopic (exact) mass is 412 g/mol. The number of aromatic hydroxyl groups is 1. The Balaban J connectivity index is 1.61. The van der Waals surface area contributed by atoms with Crippen molar-refractivity contribution in [3.63, 3.8) is 0 Å². The molecule has 2 unspecified atom stereocenters. The lowest BCUT2D eigenvalue weighted by Gasteiger charge is -2.42. The average Bonchev–Trinajstić information content (AvgIpc) is 2.87. The molecular weight excluding hydrogens is 397 g/mol. The van der Waals surface area contributed by atoms with Gasteiger partial charge in [-0.15, -0.1) is 0 Å². The highest BCUT2D eigenvalue weighted by Gasteiger charge is 2.43. The second kappa shape index (κ2) is 6.84. The molecule has 2 aromatic carbocycles. The third-order valence-corrected chi connectivity index (χ3v) is 5.86. The number of likely N-dealkylation sites (tertiary alicyclic amines) is 1. The van der Waals surface area contributed by atoms with Crippen LogP contribution in [0.15, 0.2) is 30.3 Å². The maximum atomic E-state index is 14.4. The van der Waals surface area contributed by atoms with Crippen LogP contribution in [-0.4, -0.2) is 41.1 Å². The first-order chi connectivity index (χ1) is 12.9. The number of anilines is 1. The molecule has 142 valence electrons. The number of benzene rings is 2. The standard InChI is InChI=1S/C19H16Cl2F2N2O2/c20-14-5-6-16(23)17(18(14)26)25-11-2-3-12(25)9-24(8-11)19(27)13-4-1-10(22)7-15(13)21/h1,4-7,11-12,26H,2-3,8-9H2. The number of rotatable bonds is 2. The van der Waals surface area contributed by atoms with Crippen molar-refractivity contribution in [2.45, 2.75) is 24.9 Å². The summed E-state index contributed by atoms with van der Waals surface area (Å²) in [4.78, 5) is 16.3. The lowest BCUT2D eigenvalue weighted by atomic mass is 10.1. The average molecular weight is 413 g/mol. The van der Waals surface area contributed by atoms with E-state index >= 15 is 0 Å². The van der Waals surface area contributed by atoms with Gasteiger partial charge in [0.1, 0.15) is 17.3 Å². The summed E-state index contributed by atoms with van der Waals surface area (Å²) in [6, 6.07) is 5.93. The predicted molar refractivity (Wildman–Crippen MR) is 99.7 cm³/mol. The zero-order valence-corrected chi connectivity index (χ0v) is 15.6. The largest absolute Gasteiger partial charge is 0.504 e. The molecule has 0 saturated carbocycles. The fourth-order valence-electron chi connectivity index (χ4n) is 4.04. The van der Waals surface area contributed by atoms with Crippen LogP contribution in [-0.2, 0) is 0 Å². The van der Waals surface area contributed by atoms with Gasteiger partial charge in [0, 0.05) is 25.2 Å². The molecule has 2 saturated heterocycles. The normalized spacial score (nSPS) is 21.6. The quantitative estimate of drug-likeness (QED) is 0.790. The number of halogens is 4. The van der Waals surface area contributed by atoms with Crippen LogP contribution in [0.5, 0.6) is 5.75 Å². The van der Waals surface area contributed by atoms with Crippen molar-refractivity contribution in [2.24, 2.45) is 0 Å². The molecule has 8 heteroatoms. The Hall–Kier alpha value is -2.05. The molecule has 0 radical (unpaired) electrons. The third kappa shape index (κ3) is 3.11. The minimum atomic E-state index is -0.546. The van der Waals surface area contributed by atoms with Crippen LogP contribution in [0, 0.1) is 11.6 Å².